The van der Waals surface area contributed by atoms with Crippen molar-refractivity contribution in [2.75, 3.05) is 26.1 Å². The van der Waals surface area contributed by atoms with Crippen molar-refractivity contribution < 1.29 is 22.1 Å². The third kappa shape index (κ3) is 4.84. The van der Waals surface area contributed by atoms with Crippen molar-refractivity contribution >= 4 is 27.1 Å². The van der Waals surface area contributed by atoms with Crippen molar-refractivity contribution in [1.29, 1.82) is 0 Å². The molecule has 0 aromatic carbocycles. The van der Waals surface area contributed by atoms with Gasteiger partial charge in [0.2, 0.25) is 5.88 Å². The first-order valence-corrected chi connectivity index (χ1v) is 12.3. The van der Waals surface area contributed by atoms with Gasteiger partial charge in [-0.3, -0.25) is 9.17 Å². The van der Waals surface area contributed by atoms with Gasteiger partial charge in [0.1, 0.15) is 0 Å². The van der Waals surface area contributed by atoms with Crippen LogP contribution >= 0.6 is 0 Å². The van der Waals surface area contributed by atoms with Crippen LogP contribution in [0.5, 0.6) is 5.88 Å². The Morgan fingerprint density at radius 1 is 1.31 bits per heavy atom. The lowest BCUT2D eigenvalue weighted by Crippen LogP contribution is -2.19. The fraction of sp³-hybridized carbons (Fsp3) is 0.476. The van der Waals surface area contributed by atoms with Crippen molar-refractivity contribution in [3.05, 3.63) is 30.7 Å². The third-order valence-corrected chi connectivity index (χ3v) is 5.82. The molecule has 1 fully saturated rings. The molecule has 1 aliphatic heterocycles. The number of aromatic nitrogens is 5. The lowest BCUT2D eigenvalue weighted by atomic mass is 10.1. The van der Waals surface area contributed by atoms with Gasteiger partial charge in [0, 0.05) is 25.5 Å². The first kappa shape index (κ1) is 22.4. The Morgan fingerprint density at radius 3 is 2.88 bits per heavy atom. The molecule has 3 aromatic heterocycles. The zero-order valence-corrected chi connectivity index (χ0v) is 19.0. The Hall–Kier alpha value is -2.76. The minimum absolute atomic E-state index is 0.0569. The summed E-state index contributed by atoms with van der Waals surface area (Å²) in [5, 5.41) is 9.92. The maximum Gasteiger partial charge on any atom is 0.264 e. The maximum atomic E-state index is 11.1. The molecule has 0 radical (unpaired) electrons. The van der Waals surface area contributed by atoms with E-state index in [0.717, 1.165) is 54.3 Å². The van der Waals surface area contributed by atoms with E-state index in [9.17, 15) is 8.42 Å². The topological polar surface area (TPSA) is 110 Å². The Bertz CT molecular complexity index is 1210. The maximum absolute atomic E-state index is 11.1. The van der Waals surface area contributed by atoms with Gasteiger partial charge in [-0.25, -0.2) is 9.36 Å². The highest BCUT2D eigenvalue weighted by Gasteiger charge is 2.22. The summed E-state index contributed by atoms with van der Waals surface area (Å²) in [5.41, 5.74) is 3.08. The van der Waals surface area contributed by atoms with Crippen molar-refractivity contribution in [2.45, 2.75) is 31.9 Å². The van der Waals surface area contributed by atoms with E-state index in [4.69, 9.17) is 18.8 Å². The molecule has 4 heterocycles. The second-order valence-electron chi connectivity index (χ2n) is 7.66. The molecule has 172 valence electrons. The van der Waals surface area contributed by atoms with Gasteiger partial charge in [-0.15, -0.1) is 0 Å². The lowest BCUT2D eigenvalue weighted by molar-refractivity contribution is -0.0367. The minimum Gasteiger partial charge on any atom is -0.477 e. The average Bonchev–Trinajstić information content (AvgIpc) is 3.33. The van der Waals surface area contributed by atoms with Crippen LogP contribution in [-0.2, 0) is 26.1 Å². The first-order valence-electron chi connectivity index (χ1n) is 10.5. The normalized spacial score (nSPS) is 17.0. The summed E-state index contributed by atoms with van der Waals surface area (Å²) in [7, 11) is -1.68. The monoisotopic (exact) mass is 461 g/mol. The van der Waals surface area contributed by atoms with E-state index in [1.165, 1.54) is 0 Å². The van der Waals surface area contributed by atoms with E-state index in [1.54, 1.807) is 30.2 Å². The van der Waals surface area contributed by atoms with E-state index in [0.29, 0.717) is 18.0 Å². The minimum atomic E-state index is -3.46. The number of fused-ring (bicyclic) bond motifs is 1. The summed E-state index contributed by atoms with van der Waals surface area (Å²) in [5.74, 6) is 0.541. The molecule has 0 aliphatic carbocycles. The molecule has 1 atom stereocenters. The molecule has 4 rings (SSSR count). The first-order chi connectivity index (χ1) is 15.4. The van der Waals surface area contributed by atoms with Gasteiger partial charge in [-0.2, -0.15) is 18.6 Å². The van der Waals surface area contributed by atoms with Crippen molar-refractivity contribution in [3.8, 4) is 17.1 Å². The Labute approximate surface area is 186 Å². The number of ether oxygens (including phenoxy) is 2. The van der Waals surface area contributed by atoms with Crippen molar-refractivity contribution in [1.82, 2.24) is 24.5 Å². The predicted molar refractivity (Wildman–Crippen MR) is 120 cm³/mol. The molecular weight excluding hydrogens is 434 g/mol. The van der Waals surface area contributed by atoms with Gasteiger partial charge >= 0.3 is 0 Å². The molecule has 0 saturated carbocycles. The number of pyridine rings is 1. The summed E-state index contributed by atoms with van der Waals surface area (Å²) < 4.78 is 42.2. The summed E-state index contributed by atoms with van der Waals surface area (Å²) in [4.78, 5) is 4.64. The smallest absolute Gasteiger partial charge is 0.264 e. The standard InChI is InChI=1S/C21H27N5O5S/c1-4-17-15-12-18(22-14-19(15)26(24-17)20-8-5-6-9-29-20)16-13-23-25(2)21(16)30-10-7-11-31-32(3,27)28/h4,12-14,20H,1,5-11H2,2-3H3. The largest absolute Gasteiger partial charge is 0.477 e. The van der Waals surface area contributed by atoms with Crippen LogP contribution in [0, 0.1) is 0 Å². The second-order valence-corrected chi connectivity index (χ2v) is 9.30. The van der Waals surface area contributed by atoms with Crippen LogP contribution in [0.25, 0.3) is 28.2 Å². The molecule has 0 N–H and O–H groups in total. The third-order valence-electron chi connectivity index (χ3n) is 5.23. The SMILES string of the molecule is C=Cc1nn(C2CCCCO2)c2cnc(-c3cnn(C)c3OCCCOS(C)(=O)=O)cc12. The fourth-order valence-electron chi connectivity index (χ4n) is 3.71. The highest BCUT2D eigenvalue weighted by atomic mass is 32.2. The van der Waals surface area contributed by atoms with Crippen LogP contribution in [0.1, 0.15) is 37.6 Å². The van der Waals surface area contributed by atoms with Crippen LogP contribution in [-0.4, -0.2) is 59.0 Å². The van der Waals surface area contributed by atoms with Gasteiger partial charge in [-0.1, -0.05) is 6.58 Å². The van der Waals surface area contributed by atoms with E-state index in [-0.39, 0.29) is 19.4 Å². The van der Waals surface area contributed by atoms with Gasteiger partial charge in [-0.05, 0) is 31.4 Å². The number of aryl methyl sites for hydroxylation is 1. The van der Waals surface area contributed by atoms with Gasteiger partial charge in [0.25, 0.3) is 10.1 Å². The Morgan fingerprint density at radius 2 is 2.16 bits per heavy atom. The molecule has 0 spiro atoms. The second kappa shape index (κ2) is 9.39. The Balaban J connectivity index is 1.58. The number of hydrogen-bond donors (Lipinski definition) is 0. The summed E-state index contributed by atoms with van der Waals surface area (Å²) >= 11 is 0. The van der Waals surface area contributed by atoms with E-state index in [2.05, 4.69) is 16.7 Å². The van der Waals surface area contributed by atoms with Gasteiger partial charge in [0.15, 0.2) is 6.23 Å². The molecule has 0 bridgehead atoms. The molecule has 0 amide bonds. The van der Waals surface area contributed by atoms with Crippen LogP contribution in [0.15, 0.2) is 25.0 Å². The molecule has 1 saturated heterocycles. The highest BCUT2D eigenvalue weighted by Crippen LogP contribution is 2.33. The zero-order chi connectivity index (χ0) is 22.7. The quantitative estimate of drug-likeness (QED) is 0.353. The fourth-order valence-corrected chi connectivity index (χ4v) is 4.13. The predicted octanol–water partition coefficient (Wildman–Crippen LogP) is 2.92. The molecule has 10 nitrogen and oxygen atoms in total. The summed E-state index contributed by atoms with van der Waals surface area (Å²) in [6.45, 7) is 4.97. The molecule has 3 aromatic rings. The van der Waals surface area contributed by atoms with E-state index < -0.39 is 10.1 Å². The number of hydrogen-bond acceptors (Lipinski definition) is 8. The van der Waals surface area contributed by atoms with Crippen LogP contribution in [0.3, 0.4) is 0 Å². The molecule has 1 aliphatic rings. The van der Waals surface area contributed by atoms with Crippen molar-refractivity contribution in [2.24, 2.45) is 7.05 Å². The van der Waals surface area contributed by atoms with Crippen LogP contribution in [0.4, 0.5) is 0 Å². The van der Waals surface area contributed by atoms with Crippen LogP contribution in [0.2, 0.25) is 0 Å². The summed E-state index contributed by atoms with van der Waals surface area (Å²) in [6, 6.07) is 1.95. The lowest BCUT2D eigenvalue weighted by Gasteiger charge is -2.23. The van der Waals surface area contributed by atoms with E-state index in [1.807, 2.05) is 10.7 Å². The average molecular weight is 462 g/mol. The molecule has 1 unspecified atom stereocenters. The summed E-state index contributed by atoms with van der Waals surface area (Å²) in [6.07, 6.45) is 9.64. The Kier molecular flexibility index (Phi) is 6.58. The number of nitrogens with zero attached hydrogens (tertiary/aromatic N) is 5. The van der Waals surface area contributed by atoms with Gasteiger partial charge in [0.05, 0.1) is 54.3 Å². The number of rotatable bonds is 9. The zero-order valence-electron chi connectivity index (χ0n) is 18.2. The van der Waals surface area contributed by atoms with Crippen LogP contribution < -0.4 is 4.74 Å². The van der Waals surface area contributed by atoms with Crippen molar-refractivity contribution in [3.63, 3.8) is 0 Å². The molecular formula is C21H27N5O5S. The van der Waals surface area contributed by atoms with Gasteiger partial charge < -0.3 is 9.47 Å². The van der Waals surface area contributed by atoms with E-state index >= 15 is 0 Å². The molecule has 32 heavy (non-hydrogen) atoms. The molecule has 11 heteroatoms. The highest BCUT2D eigenvalue weighted by molar-refractivity contribution is 7.85.